The van der Waals surface area contributed by atoms with Gasteiger partial charge in [0.05, 0.1) is 5.56 Å². The molecule has 1 atom stereocenters. The Morgan fingerprint density at radius 1 is 1.30 bits per heavy atom. The second-order valence-corrected chi connectivity index (χ2v) is 6.25. The molecule has 3 N–H and O–H groups in total. The monoisotopic (exact) mass is 314 g/mol. The van der Waals surface area contributed by atoms with Gasteiger partial charge in [-0.3, -0.25) is 4.98 Å². The van der Waals surface area contributed by atoms with Crippen molar-refractivity contribution in [3.05, 3.63) is 65.5 Å². The van der Waals surface area contributed by atoms with E-state index < -0.39 is 5.97 Å². The number of pyridine rings is 1. The maximum absolute atomic E-state index is 11.1. The molecule has 2 aromatic rings. The molecule has 0 saturated carbocycles. The summed E-state index contributed by atoms with van der Waals surface area (Å²) >= 11 is 0. The summed E-state index contributed by atoms with van der Waals surface area (Å²) < 4.78 is 0. The molecule has 5 nitrogen and oxygen atoms in total. The molecule has 0 aliphatic rings. The van der Waals surface area contributed by atoms with Crippen LogP contribution in [0.25, 0.3) is 0 Å². The van der Waals surface area contributed by atoms with Gasteiger partial charge < -0.3 is 15.5 Å². The zero-order chi connectivity index (χ0) is 16.9. The molecule has 23 heavy (non-hydrogen) atoms. The molecule has 1 aromatic heterocycles. The van der Waals surface area contributed by atoms with E-state index in [1.54, 1.807) is 30.6 Å². The number of nitrogens with one attached hydrogen (secondary N) is 1. The van der Waals surface area contributed by atoms with E-state index in [0.717, 1.165) is 11.1 Å². The van der Waals surface area contributed by atoms with E-state index in [0.29, 0.717) is 6.54 Å². The van der Waals surface area contributed by atoms with Crippen LogP contribution in [0.3, 0.4) is 0 Å². The Bertz CT molecular complexity index is 656. The van der Waals surface area contributed by atoms with Crippen molar-refractivity contribution in [2.24, 2.45) is 5.41 Å². The van der Waals surface area contributed by atoms with Crippen LogP contribution >= 0.6 is 0 Å². The van der Waals surface area contributed by atoms with Crippen molar-refractivity contribution < 1.29 is 15.0 Å². The maximum atomic E-state index is 11.1. The van der Waals surface area contributed by atoms with Crippen LogP contribution in [0.1, 0.15) is 41.4 Å². The second kappa shape index (κ2) is 7.35. The molecule has 0 amide bonds. The fraction of sp³-hybridized carbons (Fsp3) is 0.333. The van der Waals surface area contributed by atoms with Crippen LogP contribution in [0.2, 0.25) is 0 Å². The van der Waals surface area contributed by atoms with Gasteiger partial charge in [0.25, 0.3) is 0 Å². The SMILES string of the molecule is CC(C)(CO)C(NCc1cccc(C(=O)O)c1)c1cccnc1. The van der Waals surface area contributed by atoms with Gasteiger partial charge in [-0.2, -0.15) is 0 Å². The molecule has 0 fully saturated rings. The number of hydrogen-bond acceptors (Lipinski definition) is 4. The van der Waals surface area contributed by atoms with Crippen LogP contribution in [0.5, 0.6) is 0 Å². The van der Waals surface area contributed by atoms with Crippen LogP contribution in [0.4, 0.5) is 0 Å². The first kappa shape index (κ1) is 17.1. The Morgan fingerprint density at radius 3 is 2.70 bits per heavy atom. The first-order valence-corrected chi connectivity index (χ1v) is 7.50. The molecular formula is C18H22N2O3. The van der Waals surface area contributed by atoms with Crippen molar-refractivity contribution in [3.8, 4) is 0 Å². The Labute approximate surface area is 136 Å². The average molecular weight is 314 g/mol. The quantitative estimate of drug-likeness (QED) is 0.732. The Balaban J connectivity index is 2.19. The molecular weight excluding hydrogens is 292 g/mol. The molecule has 1 aromatic carbocycles. The number of nitrogens with zero attached hydrogens (tertiary/aromatic N) is 1. The van der Waals surface area contributed by atoms with E-state index in [9.17, 15) is 9.90 Å². The molecule has 5 heteroatoms. The molecule has 1 heterocycles. The average Bonchev–Trinajstić information content (AvgIpc) is 2.56. The number of rotatable bonds is 7. The molecule has 0 spiro atoms. The van der Waals surface area contributed by atoms with Gasteiger partial charge in [0.15, 0.2) is 0 Å². The van der Waals surface area contributed by atoms with Crippen LogP contribution in [0.15, 0.2) is 48.8 Å². The normalized spacial score (nSPS) is 12.8. The van der Waals surface area contributed by atoms with Crippen LogP contribution in [0, 0.1) is 5.41 Å². The summed E-state index contributed by atoms with van der Waals surface area (Å²) in [7, 11) is 0. The van der Waals surface area contributed by atoms with Gasteiger partial charge in [0, 0.05) is 37.0 Å². The zero-order valence-corrected chi connectivity index (χ0v) is 13.4. The number of aliphatic hydroxyl groups is 1. The number of aliphatic hydroxyl groups excluding tert-OH is 1. The lowest BCUT2D eigenvalue weighted by Gasteiger charge is -2.33. The highest BCUT2D eigenvalue weighted by Crippen LogP contribution is 2.32. The Hall–Kier alpha value is -2.24. The number of hydrogen-bond donors (Lipinski definition) is 3. The highest BCUT2D eigenvalue weighted by Gasteiger charge is 2.30. The van der Waals surface area contributed by atoms with Gasteiger partial charge in [-0.25, -0.2) is 4.79 Å². The number of carboxylic acid groups (broad SMARTS) is 1. The zero-order valence-electron chi connectivity index (χ0n) is 13.4. The minimum Gasteiger partial charge on any atom is -0.478 e. The largest absolute Gasteiger partial charge is 0.478 e. The smallest absolute Gasteiger partial charge is 0.335 e. The van der Waals surface area contributed by atoms with Gasteiger partial charge in [0.2, 0.25) is 0 Å². The van der Waals surface area contributed by atoms with Gasteiger partial charge in [-0.1, -0.05) is 32.0 Å². The summed E-state index contributed by atoms with van der Waals surface area (Å²) in [6, 6.07) is 10.6. The van der Waals surface area contributed by atoms with Crippen LogP contribution < -0.4 is 5.32 Å². The van der Waals surface area contributed by atoms with Gasteiger partial charge in [-0.15, -0.1) is 0 Å². The molecule has 0 bridgehead atoms. The van der Waals surface area contributed by atoms with Crippen molar-refractivity contribution in [3.63, 3.8) is 0 Å². The summed E-state index contributed by atoms with van der Waals surface area (Å²) in [5, 5.41) is 22.2. The maximum Gasteiger partial charge on any atom is 0.335 e. The standard InChI is InChI=1S/C18H22N2O3/c1-18(2,12-21)16(15-7-4-8-19-11-15)20-10-13-5-3-6-14(9-13)17(22)23/h3-9,11,16,20-21H,10,12H2,1-2H3,(H,22,23). The number of carboxylic acids is 1. The summed E-state index contributed by atoms with van der Waals surface area (Å²) in [5.41, 5.74) is 1.75. The Kier molecular flexibility index (Phi) is 5.47. The predicted molar refractivity (Wildman–Crippen MR) is 88.1 cm³/mol. The lowest BCUT2D eigenvalue weighted by Crippen LogP contribution is -2.36. The predicted octanol–water partition coefficient (Wildman–Crippen LogP) is 2.63. The Morgan fingerprint density at radius 2 is 2.09 bits per heavy atom. The first-order chi connectivity index (χ1) is 10.9. The minimum atomic E-state index is -0.939. The minimum absolute atomic E-state index is 0.0225. The van der Waals surface area contributed by atoms with E-state index >= 15 is 0 Å². The van der Waals surface area contributed by atoms with Gasteiger partial charge in [0.1, 0.15) is 0 Å². The fourth-order valence-electron chi connectivity index (χ4n) is 2.52. The lowest BCUT2D eigenvalue weighted by molar-refractivity contribution is 0.0696. The van der Waals surface area contributed by atoms with Gasteiger partial charge in [-0.05, 0) is 29.3 Å². The van der Waals surface area contributed by atoms with E-state index in [4.69, 9.17) is 5.11 Å². The molecule has 0 aliphatic heterocycles. The summed E-state index contributed by atoms with van der Waals surface area (Å²) in [6.45, 7) is 4.48. The number of aromatic nitrogens is 1. The summed E-state index contributed by atoms with van der Waals surface area (Å²) in [6.07, 6.45) is 3.49. The number of aromatic carboxylic acids is 1. The second-order valence-electron chi connectivity index (χ2n) is 6.25. The van der Waals surface area contributed by atoms with E-state index in [2.05, 4.69) is 10.3 Å². The lowest BCUT2D eigenvalue weighted by atomic mass is 9.81. The summed E-state index contributed by atoms with van der Waals surface area (Å²) in [5.74, 6) is -0.939. The molecule has 0 radical (unpaired) electrons. The molecule has 0 aliphatic carbocycles. The van der Waals surface area contributed by atoms with Crippen molar-refractivity contribution in [2.75, 3.05) is 6.61 Å². The van der Waals surface area contributed by atoms with E-state index in [1.165, 1.54) is 0 Å². The third-order valence-electron chi connectivity index (χ3n) is 3.89. The van der Waals surface area contributed by atoms with Crippen molar-refractivity contribution in [1.82, 2.24) is 10.3 Å². The fourth-order valence-corrected chi connectivity index (χ4v) is 2.52. The molecule has 0 saturated heterocycles. The topological polar surface area (TPSA) is 82.5 Å². The molecule has 2 rings (SSSR count). The van der Waals surface area contributed by atoms with E-state index in [1.807, 2.05) is 32.0 Å². The van der Waals surface area contributed by atoms with Crippen LogP contribution in [-0.2, 0) is 6.54 Å². The van der Waals surface area contributed by atoms with E-state index in [-0.39, 0.29) is 23.6 Å². The third-order valence-corrected chi connectivity index (χ3v) is 3.89. The van der Waals surface area contributed by atoms with Crippen molar-refractivity contribution in [2.45, 2.75) is 26.4 Å². The van der Waals surface area contributed by atoms with Crippen molar-refractivity contribution >= 4 is 5.97 Å². The molecule has 1 unspecified atom stereocenters. The highest BCUT2D eigenvalue weighted by atomic mass is 16.4. The first-order valence-electron chi connectivity index (χ1n) is 7.50. The number of benzene rings is 1. The van der Waals surface area contributed by atoms with Gasteiger partial charge >= 0.3 is 5.97 Å². The summed E-state index contributed by atoms with van der Waals surface area (Å²) in [4.78, 5) is 15.2. The van der Waals surface area contributed by atoms with Crippen molar-refractivity contribution in [1.29, 1.82) is 0 Å². The third kappa shape index (κ3) is 4.37. The number of carbonyl (C=O) groups is 1. The van der Waals surface area contributed by atoms with Crippen LogP contribution in [-0.4, -0.2) is 27.8 Å². The highest BCUT2D eigenvalue weighted by molar-refractivity contribution is 5.87. The molecule has 122 valence electrons.